The lowest BCUT2D eigenvalue weighted by Crippen LogP contribution is -2.39. The Morgan fingerprint density at radius 1 is 1.26 bits per heavy atom. The second-order valence-electron chi connectivity index (χ2n) is 7.97. The molecular weight excluding hydrogens is 394 g/mol. The average Bonchev–Trinajstić information content (AvgIpc) is 3.18. The fourth-order valence-electron chi connectivity index (χ4n) is 4.06. The molecule has 1 amide bonds. The molecule has 9 heteroatoms. The van der Waals surface area contributed by atoms with Crippen LogP contribution < -0.4 is 5.32 Å². The lowest BCUT2D eigenvalue weighted by molar-refractivity contribution is -0.137. The quantitative estimate of drug-likeness (QED) is 0.325. The van der Waals surface area contributed by atoms with E-state index in [1.165, 1.54) is 11.1 Å². The zero-order valence-corrected chi connectivity index (χ0v) is 17.4. The van der Waals surface area contributed by atoms with Crippen LogP contribution in [0.15, 0.2) is 35.6 Å². The normalized spacial score (nSPS) is 15.3. The number of anilines is 1. The Labute approximate surface area is 181 Å². The molecule has 2 aromatic rings. The van der Waals surface area contributed by atoms with Crippen LogP contribution in [0.2, 0.25) is 0 Å². The highest BCUT2D eigenvalue weighted by atomic mass is 16.5. The fourth-order valence-corrected chi connectivity index (χ4v) is 4.06. The lowest BCUT2D eigenvalue weighted by atomic mass is 10.1. The SMILES string of the molecule is N=NCC(=N)CCOCC(=O)N1CCc2nc(NC3Cc4ccccc4C3)ncc2C1. The Morgan fingerprint density at radius 2 is 2.03 bits per heavy atom. The van der Waals surface area contributed by atoms with Crippen LogP contribution in [0.4, 0.5) is 5.95 Å². The predicted octanol–water partition coefficient (Wildman–Crippen LogP) is 2.40. The highest BCUT2D eigenvalue weighted by molar-refractivity contribution is 5.83. The van der Waals surface area contributed by atoms with Gasteiger partial charge in [-0.15, -0.1) is 0 Å². The summed E-state index contributed by atoms with van der Waals surface area (Å²) >= 11 is 0. The van der Waals surface area contributed by atoms with E-state index in [1.807, 2.05) is 6.20 Å². The van der Waals surface area contributed by atoms with Crippen LogP contribution >= 0.6 is 0 Å². The summed E-state index contributed by atoms with van der Waals surface area (Å²) in [5.74, 6) is 0.579. The minimum Gasteiger partial charge on any atom is -0.371 e. The van der Waals surface area contributed by atoms with Crippen LogP contribution in [0.1, 0.15) is 28.8 Å². The summed E-state index contributed by atoms with van der Waals surface area (Å²) in [7, 11) is 0. The molecule has 0 spiro atoms. The predicted molar refractivity (Wildman–Crippen MR) is 116 cm³/mol. The summed E-state index contributed by atoms with van der Waals surface area (Å²) in [6, 6.07) is 8.82. The number of nitrogens with one attached hydrogen (secondary N) is 3. The second kappa shape index (κ2) is 9.74. The number of rotatable bonds is 9. The standard InChI is InChI=1S/C22H27N7O2/c23-18(12-26-24)6-8-31-14-21(30)29-7-5-20-17(13-29)11-25-22(28-20)27-19-9-15-3-1-2-4-16(15)10-19/h1-4,11,19,23-24H,5-10,12-14H2,(H,25,27,28). The van der Waals surface area contributed by atoms with E-state index in [-0.39, 0.29) is 25.7 Å². The molecule has 0 radical (unpaired) electrons. The van der Waals surface area contributed by atoms with Gasteiger partial charge in [-0.3, -0.25) is 4.79 Å². The number of hydrogen-bond acceptors (Lipinski definition) is 8. The van der Waals surface area contributed by atoms with Crippen molar-refractivity contribution in [2.24, 2.45) is 5.11 Å². The van der Waals surface area contributed by atoms with Crippen molar-refractivity contribution >= 4 is 17.6 Å². The van der Waals surface area contributed by atoms with E-state index in [0.29, 0.717) is 43.6 Å². The zero-order chi connectivity index (χ0) is 21.6. The highest BCUT2D eigenvalue weighted by Crippen LogP contribution is 2.24. The molecule has 1 aromatic carbocycles. The number of fused-ring (bicyclic) bond motifs is 2. The summed E-state index contributed by atoms with van der Waals surface area (Å²) in [4.78, 5) is 23.4. The van der Waals surface area contributed by atoms with Gasteiger partial charge in [0.05, 0.1) is 18.8 Å². The molecular formula is C22H27N7O2. The summed E-state index contributed by atoms with van der Waals surface area (Å²) in [5, 5.41) is 14.2. The van der Waals surface area contributed by atoms with Crippen LogP contribution in [0, 0.1) is 10.9 Å². The van der Waals surface area contributed by atoms with Crippen molar-refractivity contribution in [2.75, 3.05) is 31.6 Å². The number of carbonyl (C=O) groups excluding carboxylic acids is 1. The molecule has 1 aliphatic heterocycles. The minimum absolute atomic E-state index is 0.0105. The smallest absolute Gasteiger partial charge is 0.248 e. The summed E-state index contributed by atoms with van der Waals surface area (Å²) in [5.41, 5.74) is 11.8. The first kappa shape index (κ1) is 21.0. The Balaban J connectivity index is 1.26. The van der Waals surface area contributed by atoms with E-state index in [9.17, 15) is 4.79 Å². The lowest BCUT2D eigenvalue weighted by Gasteiger charge is -2.28. The summed E-state index contributed by atoms with van der Waals surface area (Å²) in [6.07, 6.45) is 4.86. The summed E-state index contributed by atoms with van der Waals surface area (Å²) < 4.78 is 5.40. The number of amides is 1. The second-order valence-corrected chi connectivity index (χ2v) is 7.97. The highest BCUT2D eigenvalue weighted by Gasteiger charge is 2.24. The third-order valence-electron chi connectivity index (χ3n) is 5.71. The van der Waals surface area contributed by atoms with E-state index < -0.39 is 0 Å². The monoisotopic (exact) mass is 421 g/mol. The van der Waals surface area contributed by atoms with Gasteiger partial charge in [-0.1, -0.05) is 24.3 Å². The maximum Gasteiger partial charge on any atom is 0.248 e. The van der Waals surface area contributed by atoms with Gasteiger partial charge in [0.2, 0.25) is 11.9 Å². The van der Waals surface area contributed by atoms with Gasteiger partial charge in [-0.05, 0) is 24.0 Å². The van der Waals surface area contributed by atoms with Gasteiger partial charge in [0.15, 0.2) is 0 Å². The number of hydrogen-bond donors (Lipinski definition) is 3. The molecule has 0 unspecified atom stereocenters. The molecule has 0 bridgehead atoms. The van der Waals surface area contributed by atoms with Crippen LogP contribution in [0.25, 0.3) is 0 Å². The molecule has 1 aliphatic carbocycles. The molecule has 162 valence electrons. The first-order valence-corrected chi connectivity index (χ1v) is 10.6. The van der Waals surface area contributed by atoms with Crippen molar-refractivity contribution in [3.8, 4) is 0 Å². The number of benzene rings is 1. The van der Waals surface area contributed by atoms with Gasteiger partial charge in [-0.25, -0.2) is 15.5 Å². The Kier molecular flexibility index (Phi) is 6.61. The molecule has 0 fully saturated rings. The van der Waals surface area contributed by atoms with Crippen LogP contribution in [-0.2, 0) is 35.3 Å². The van der Waals surface area contributed by atoms with Gasteiger partial charge in [-0.2, -0.15) is 5.11 Å². The number of carbonyl (C=O) groups is 1. The number of aromatic nitrogens is 2. The van der Waals surface area contributed by atoms with Crippen molar-refractivity contribution in [1.82, 2.24) is 14.9 Å². The van der Waals surface area contributed by atoms with E-state index in [2.05, 4.69) is 39.7 Å². The zero-order valence-electron chi connectivity index (χ0n) is 17.4. The third-order valence-corrected chi connectivity index (χ3v) is 5.71. The van der Waals surface area contributed by atoms with Gasteiger partial charge >= 0.3 is 0 Å². The minimum atomic E-state index is -0.0757. The largest absolute Gasteiger partial charge is 0.371 e. The van der Waals surface area contributed by atoms with Crippen molar-refractivity contribution in [3.05, 3.63) is 52.8 Å². The topological polar surface area (TPSA) is 127 Å². The molecule has 2 heterocycles. The van der Waals surface area contributed by atoms with Gasteiger partial charge in [0.25, 0.3) is 0 Å². The molecule has 2 aliphatic rings. The first-order valence-electron chi connectivity index (χ1n) is 10.6. The van der Waals surface area contributed by atoms with Gasteiger partial charge in [0, 0.05) is 49.4 Å². The van der Waals surface area contributed by atoms with Crippen molar-refractivity contribution in [1.29, 1.82) is 10.9 Å². The molecule has 3 N–H and O–H groups in total. The number of ether oxygens (including phenoxy) is 1. The van der Waals surface area contributed by atoms with E-state index in [1.54, 1.807) is 4.90 Å². The Morgan fingerprint density at radius 3 is 2.77 bits per heavy atom. The van der Waals surface area contributed by atoms with E-state index >= 15 is 0 Å². The van der Waals surface area contributed by atoms with Crippen molar-refractivity contribution in [3.63, 3.8) is 0 Å². The average molecular weight is 422 g/mol. The van der Waals surface area contributed by atoms with Crippen molar-refractivity contribution < 1.29 is 9.53 Å². The molecule has 0 saturated carbocycles. The maximum atomic E-state index is 12.4. The number of nitrogens with zero attached hydrogens (tertiary/aromatic N) is 4. The first-order chi connectivity index (χ1) is 15.1. The molecule has 31 heavy (non-hydrogen) atoms. The molecule has 1 aromatic heterocycles. The van der Waals surface area contributed by atoms with Gasteiger partial charge in [0.1, 0.15) is 6.61 Å². The third kappa shape index (κ3) is 5.29. The Bertz CT molecular complexity index is 953. The molecule has 9 nitrogen and oxygen atoms in total. The molecule has 0 saturated heterocycles. The van der Waals surface area contributed by atoms with Gasteiger partial charge < -0.3 is 20.4 Å². The summed E-state index contributed by atoms with van der Waals surface area (Å²) in [6.45, 7) is 1.45. The molecule has 4 rings (SSSR count). The maximum absolute atomic E-state index is 12.4. The van der Waals surface area contributed by atoms with E-state index in [0.717, 1.165) is 24.1 Å². The fraction of sp³-hybridized carbons (Fsp3) is 0.455. The van der Waals surface area contributed by atoms with Crippen LogP contribution in [0.3, 0.4) is 0 Å². The Hall–Kier alpha value is -3.20. The van der Waals surface area contributed by atoms with Crippen molar-refractivity contribution in [2.45, 2.75) is 38.3 Å². The van der Waals surface area contributed by atoms with Crippen LogP contribution in [-0.4, -0.2) is 58.8 Å². The molecule has 0 atom stereocenters. The van der Waals surface area contributed by atoms with Crippen LogP contribution in [0.5, 0.6) is 0 Å². The van der Waals surface area contributed by atoms with E-state index in [4.69, 9.17) is 20.7 Å².